The molecule has 0 spiro atoms. The van der Waals surface area contributed by atoms with Gasteiger partial charge in [0.25, 0.3) is 0 Å². The van der Waals surface area contributed by atoms with Crippen molar-refractivity contribution in [2.24, 2.45) is 0 Å². The van der Waals surface area contributed by atoms with E-state index >= 15 is 0 Å². The standard InChI is InChI=1S/C51H33N5/c1-4-15-35(16-5-1)48-53-49(36-17-6-2-7-18-36)55-50(54-48)37-29-27-34(28-30-37)44-32-31-39(33-52-44)51(38-19-8-3-9-20-38)42-23-11-13-26-46(42)56-45-25-12-10-21-40(45)41-22-14-24-43(51)47(41)56/h1-33H. The van der Waals surface area contributed by atoms with Crippen LogP contribution in [0.15, 0.2) is 200 Å². The van der Waals surface area contributed by atoms with Crippen molar-refractivity contribution in [3.8, 4) is 51.1 Å². The highest BCUT2D eigenvalue weighted by Gasteiger charge is 2.45. The van der Waals surface area contributed by atoms with E-state index < -0.39 is 5.41 Å². The highest BCUT2D eigenvalue weighted by atomic mass is 15.0. The lowest BCUT2D eigenvalue weighted by atomic mass is 9.63. The molecule has 5 heteroatoms. The Morgan fingerprint density at radius 2 is 0.911 bits per heavy atom. The molecule has 0 saturated heterocycles. The minimum absolute atomic E-state index is 0.595. The highest BCUT2D eigenvalue weighted by Crippen LogP contribution is 2.54. The van der Waals surface area contributed by atoms with Crippen molar-refractivity contribution >= 4 is 21.8 Å². The van der Waals surface area contributed by atoms with Gasteiger partial charge in [-0.15, -0.1) is 0 Å². The Kier molecular flexibility index (Phi) is 7.32. The van der Waals surface area contributed by atoms with Crippen molar-refractivity contribution in [2.45, 2.75) is 5.41 Å². The Bertz CT molecular complexity index is 2990. The lowest BCUT2D eigenvalue weighted by Gasteiger charge is -2.41. The first-order valence-corrected chi connectivity index (χ1v) is 18.9. The number of nitrogens with zero attached hydrogens (tertiary/aromatic N) is 5. The molecule has 4 heterocycles. The van der Waals surface area contributed by atoms with Crippen LogP contribution >= 0.6 is 0 Å². The second-order valence-corrected chi connectivity index (χ2v) is 14.2. The molecule has 262 valence electrons. The zero-order valence-electron chi connectivity index (χ0n) is 30.3. The quantitative estimate of drug-likeness (QED) is 0.172. The van der Waals surface area contributed by atoms with Crippen molar-refractivity contribution in [3.63, 3.8) is 0 Å². The predicted octanol–water partition coefficient (Wildman–Crippen LogP) is 11.7. The van der Waals surface area contributed by atoms with Gasteiger partial charge in [-0.05, 0) is 40.5 Å². The van der Waals surface area contributed by atoms with E-state index in [1.807, 2.05) is 60.7 Å². The molecule has 0 fully saturated rings. The second-order valence-electron chi connectivity index (χ2n) is 14.2. The molecule has 0 aliphatic carbocycles. The van der Waals surface area contributed by atoms with Crippen LogP contribution < -0.4 is 0 Å². The number of hydrogen-bond acceptors (Lipinski definition) is 4. The monoisotopic (exact) mass is 715 g/mol. The molecule has 0 radical (unpaired) electrons. The van der Waals surface area contributed by atoms with Crippen LogP contribution in [0.25, 0.3) is 72.9 Å². The first-order chi connectivity index (χ1) is 27.8. The summed E-state index contributed by atoms with van der Waals surface area (Å²) in [6, 6.07) is 68.2. The summed E-state index contributed by atoms with van der Waals surface area (Å²) in [6.45, 7) is 0. The molecule has 11 rings (SSSR count). The lowest BCUT2D eigenvalue weighted by molar-refractivity contribution is 0.723. The zero-order chi connectivity index (χ0) is 37.1. The number of rotatable bonds is 6. The van der Waals surface area contributed by atoms with E-state index in [9.17, 15) is 0 Å². The van der Waals surface area contributed by atoms with Gasteiger partial charge in [0.15, 0.2) is 17.5 Å². The Morgan fingerprint density at radius 3 is 1.57 bits per heavy atom. The molecule has 0 bridgehead atoms. The molecule has 0 amide bonds. The van der Waals surface area contributed by atoms with Crippen LogP contribution in [0.3, 0.4) is 0 Å². The van der Waals surface area contributed by atoms with Gasteiger partial charge in [0.1, 0.15) is 0 Å². The van der Waals surface area contributed by atoms with E-state index in [0.717, 1.165) is 33.5 Å². The molecule has 1 unspecified atom stereocenters. The van der Waals surface area contributed by atoms with Crippen LogP contribution in [0.2, 0.25) is 0 Å². The summed E-state index contributed by atoms with van der Waals surface area (Å²) in [5.74, 6) is 1.91. The summed E-state index contributed by atoms with van der Waals surface area (Å²) in [4.78, 5) is 19.9. The van der Waals surface area contributed by atoms with Gasteiger partial charge in [-0.25, -0.2) is 15.0 Å². The molecule has 5 nitrogen and oxygen atoms in total. The third-order valence-corrected chi connectivity index (χ3v) is 11.2. The molecular formula is C51H33N5. The van der Waals surface area contributed by atoms with Gasteiger partial charge < -0.3 is 4.57 Å². The van der Waals surface area contributed by atoms with Gasteiger partial charge in [0.05, 0.1) is 27.8 Å². The molecule has 0 saturated carbocycles. The largest absolute Gasteiger partial charge is 0.309 e. The first-order valence-electron chi connectivity index (χ1n) is 18.9. The van der Waals surface area contributed by atoms with Crippen molar-refractivity contribution in [1.82, 2.24) is 24.5 Å². The van der Waals surface area contributed by atoms with Crippen molar-refractivity contribution in [3.05, 3.63) is 223 Å². The molecule has 56 heavy (non-hydrogen) atoms. The van der Waals surface area contributed by atoms with Crippen molar-refractivity contribution in [2.75, 3.05) is 0 Å². The minimum Gasteiger partial charge on any atom is -0.309 e. The van der Waals surface area contributed by atoms with Gasteiger partial charge in [-0.1, -0.05) is 176 Å². The Hall–Kier alpha value is -7.50. The number of hydrogen-bond donors (Lipinski definition) is 0. The molecular weight excluding hydrogens is 683 g/mol. The fraction of sp³-hybridized carbons (Fsp3) is 0.0196. The van der Waals surface area contributed by atoms with Crippen molar-refractivity contribution < 1.29 is 0 Å². The van der Waals surface area contributed by atoms with E-state index in [1.54, 1.807) is 0 Å². The van der Waals surface area contributed by atoms with Crippen LogP contribution in [0.1, 0.15) is 22.3 Å². The summed E-state index contributed by atoms with van der Waals surface area (Å²) in [7, 11) is 0. The van der Waals surface area contributed by atoms with Crippen LogP contribution in [0, 0.1) is 0 Å². The SMILES string of the molecule is c1ccc(-c2nc(-c3ccccc3)nc(-c3ccc(-c4ccc(C5(c6ccccc6)c6ccccc6-n6c7ccccc7c7cccc5c76)cn4)cc3)n2)cc1. The maximum Gasteiger partial charge on any atom is 0.164 e. The van der Waals surface area contributed by atoms with E-state index in [0.29, 0.717) is 17.5 Å². The second kappa shape index (κ2) is 12.8. The number of fused-ring (bicyclic) bond motifs is 5. The topological polar surface area (TPSA) is 56.5 Å². The van der Waals surface area contributed by atoms with Gasteiger partial charge in [0.2, 0.25) is 0 Å². The first kappa shape index (κ1) is 32.0. The summed E-state index contributed by atoms with van der Waals surface area (Å²) < 4.78 is 2.46. The van der Waals surface area contributed by atoms with E-state index in [1.165, 1.54) is 44.2 Å². The average Bonchev–Trinajstić information content (AvgIpc) is 3.63. The fourth-order valence-electron chi connectivity index (χ4n) is 8.69. The number of benzene rings is 7. The zero-order valence-corrected chi connectivity index (χ0v) is 30.3. The summed E-state index contributed by atoms with van der Waals surface area (Å²) in [6.07, 6.45) is 2.08. The van der Waals surface area contributed by atoms with E-state index in [2.05, 4.69) is 144 Å². The highest BCUT2D eigenvalue weighted by molar-refractivity contribution is 6.12. The van der Waals surface area contributed by atoms with Crippen LogP contribution in [-0.4, -0.2) is 24.5 Å². The smallest absolute Gasteiger partial charge is 0.164 e. The fourth-order valence-corrected chi connectivity index (χ4v) is 8.69. The van der Waals surface area contributed by atoms with Gasteiger partial charge in [-0.2, -0.15) is 0 Å². The third-order valence-electron chi connectivity index (χ3n) is 11.2. The normalized spacial score (nSPS) is 14.5. The summed E-state index contributed by atoms with van der Waals surface area (Å²) in [5.41, 5.74) is 12.6. The lowest BCUT2D eigenvalue weighted by Crippen LogP contribution is -2.35. The molecule has 10 aromatic rings. The average molecular weight is 716 g/mol. The Balaban J connectivity index is 1.03. The molecule has 1 atom stereocenters. The summed E-state index contributed by atoms with van der Waals surface area (Å²) in [5, 5.41) is 2.51. The molecule has 1 aliphatic heterocycles. The van der Waals surface area contributed by atoms with E-state index in [-0.39, 0.29) is 0 Å². The van der Waals surface area contributed by atoms with Crippen LogP contribution in [-0.2, 0) is 5.41 Å². The maximum absolute atomic E-state index is 5.19. The number of aromatic nitrogens is 5. The minimum atomic E-state index is -0.595. The van der Waals surface area contributed by atoms with Crippen LogP contribution in [0.5, 0.6) is 0 Å². The maximum atomic E-state index is 5.19. The van der Waals surface area contributed by atoms with Crippen LogP contribution in [0.4, 0.5) is 0 Å². The third kappa shape index (κ3) is 4.88. The number of para-hydroxylation sites is 3. The Labute approximate surface area is 324 Å². The Morgan fingerprint density at radius 1 is 0.375 bits per heavy atom. The van der Waals surface area contributed by atoms with E-state index in [4.69, 9.17) is 19.9 Å². The van der Waals surface area contributed by atoms with Gasteiger partial charge in [0, 0.05) is 39.2 Å². The molecule has 1 aliphatic rings. The molecule has 3 aromatic heterocycles. The van der Waals surface area contributed by atoms with Gasteiger partial charge >= 0.3 is 0 Å². The predicted molar refractivity (Wildman–Crippen MR) is 226 cm³/mol. The molecule has 7 aromatic carbocycles. The van der Waals surface area contributed by atoms with Crippen molar-refractivity contribution in [1.29, 1.82) is 0 Å². The number of pyridine rings is 1. The molecule has 0 N–H and O–H groups in total. The summed E-state index contributed by atoms with van der Waals surface area (Å²) >= 11 is 0. The van der Waals surface area contributed by atoms with Gasteiger partial charge in [-0.3, -0.25) is 4.98 Å².